The smallest absolute Gasteiger partial charge is 0.243 e. The minimum atomic E-state index is -3.92. The maximum Gasteiger partial charge on any atom is 0.243 e. The lowest BCUT2D eigenvalue weighted by atomic mass is 9.97. The van der Waals surface area contributed by atoms with E-state index in [-0.39, 0.29) is 29.8 Å². The van der Waals surface area contributed by atoms with Crippen molar-refractivity contribution in [2.45, 2.75) is 24.7 Å². The van der Waals surface area contributed by atoms with Crippen molar-refractivity contribution in [1.29, 1.82) is 0 Å². The third-order valence-electron chi connectivity index (χ3n) is 4.20. The van der Waals surface area contributed by atoms with Crippen LogP contribution in [0.3, 0.4) is 0 Å². The van der Waals surface area contributed by atoms with E-state index >= 15 is 0 Å². The van der Waals surface area contributed by atoms with E-state index in [1.165, 1.54) is 15.6 Å². The van der Waals surface area contributed by atoms with Crippen LogP contribution in [-0.4, -0.2) is 36.7 Å². The summed E-state index contributed by atoms with van der Waals surface area (Å²) in [6, 6.07) is 2.50. The molecule has 140 valence electrons. The summed E-state index contributed by atoms with van der Waals surface area (Å²) in [6.07, 6.45) is 0.693. The quantitative estimate of drug-likeness (QED) is 0.854. The van der Waals surface area contributed by atoms with Crippen LogP contribution in [0.15, 0.2) is 28.5 Å². The molecule has 2 heterocycles. The molecule has 26 heavy (non-hydrogen) atoms. The SMILES string of the molecule is Cc1csc(NC(=O)C2CCN(S(=O)(=O)c3ccc(F)c(F)c3)CC2)n1. The number of nitrogens with zero attached hydrogens (tertiary/aromatic N) is 2. The molecule has 10 heteroatoms. The van der Waals surface area contributed by atoms with Crippen LogP contribution in [-0.2, 0) is 14.8 Å². The molecule has 0 radical (unpaired) electrons. The fraction of sp³-hybridized carbons (Fsp3) is 0.375. The van der Waals surface area contributed by atoms with Gasteiger partial charge in [0.25, 0.3) is 0 Å². The molecule has 1 N–H and O–H groups in total. The van der Waals surface area contributed by atoms with Crippen molar-refractivity contribution in [3.05, 3.63) is 40.9 Å². The summed E-state index contributed by atoms with van der Waals surface area (Å²) in [5, 5.41) is 5.08. The van der Waals surface area contributed by atoms with Crippen molar-refractivity contribution in [2.75, 3.05) is 18.4 Å². The summed E-state index contributed by atoms with van der Waals surface area (Å²) < 4.78 is 52.6. The maximum absolute atomic E-state index is 13.3. The molecule has 3 rings (SSSR count). The lowest BCUT2D eigenvalue weighted by Gasteiger charge is -2.30. The second-order valence-corrected chi connectivity index (χ2v) is 8.83. The van der Waals surface area contributed by atoms with Gasteiger partial charge in [0, 0.05) is 24.4 Å². The van der Waals surface area contributed by atoms with E-state index in [4.69, 9.17) is 0 Å². The molecule has 1 saturated heterocycles. The predicted molar refractivity (Wildman–Crippen MR) is 93.3 cm³/mol. The number of carbonyl (C=O) groups excluding carboxylic acids is 1. The number of halogens is 2. The van der Waals surface area contributed by atoms with Crippen molar-refractivity contribution in [3.8, 4) is 0 Å². The van der Waals surface area contributed by atoms with Gasteiger partial charge < -0.3 is 5.32 Å². The first-order chi connectivity index (χ1) is 12.3. The molecule has 0 atom stereocenters. The maximum atomic E-state index is 13.3. The second kappa shape index (κ2) is 7.37. The van der Waals surface area contributed by atoms with E-state index < -0.39 is 21.7 Å². The summed E-state index contributed by atoms with van der Waals surface area (Å²) >= 11 is 1.33. The van der Waals surface area contributed by atoms with Crippen molar-refractivity contribution >= 4 is 32.4 Å². The molecule has 1 aromatic carbocycles. The Morgan fingerprint density at radius 1 is 1.27 bits per heavy atom. The average Bonchev–Trinajstić information content (AvgIpc) is 3.02. The van der Waals surface area contributed by atoms with Crippen molar-refractivity contribution in [2.24, 2.45) is 5.92 Å². The van der Waals surface area contributed by atoms with Crippen LogP contribution in [0.1, 0.15) is 18.5 Å². The van der Waals surface area contributed by atoms with Crippen LogP contribution in [0.5, 0.6) is 0 Å². The zero-order valence-electron chi connectivity index (χ0n) is 13.9. The molecule has 0 bridgehead atoms. The third kappa shape index (κ3) is 3.92. The molecule has 1 fully saturated rings. The fourth-order valence-electron chi connectivity index (χ4n) is 2.76. The molecular weight excluding hydrogens is 384 g/mol. The number of hydrogen-bond donors (Lipinski definition) is 1. The second-order valence-electron chi connectivity index (χ2n) is 6.04. The highest BCUT2D eigenvalue weighted by molar-refractivity contribution is 7.89. The van der Waals surface area contributed by atoms with Gasteiger partial charge in [-0.1, -0.05) is 0 Å². The monoisotopic (exact) mass is 401 g/mol. The molecule has 0 aliphatic carbocycles. The van der Waals surface area contributed by atoms with Crippen LogP contribution >= 0.6 is 11.3 Å². The zero-order chi connectivity index (χ0) is 18.9. The van der Waals surface area contributed by atoms with E-state index in [9.17, 15) is 22.0 Å². The van der Waals surface area contributed by atoms with Crippen LogP contribution in [0.25, 0.3) is 0 Å². The molecule has 0 saturated carbocycles. The highest BCUT2D eigenvalue weighted by Gasteiger charge is 2.32. The van der Waals surface area contributed by atoms with Gasteiger partial charge in [-0.2, -0.15) is 4.31 Å². The predicted octanol–water partition coefficient (Wildman–Crippen LogP) is 2.77. The summed E-state index contributed by atoms with van der Waals surface area (Å²) in [5.41, 5.74) is 0.817. The zero-order valence-corrected chi connectivity index (χ0v) is 15.5. The lowest BCUT2D eigenvalue weighted by Crippen LogP contribution is -2.41. The number of amides is 1. The molecule has 1 aliphatic heterocycles. The number of aromatic nitrogens is 1. The summed E-state index contributed by atoms with van der Waals surface area (Å²) in [6.45, 7) is 2.10. The number of rotatable bonds is 4. The standard InChI is InChI=1S/C16H17F2N3O3S2/c1-10-9-25-16(19-10)20-15(22)11-4-6-21(7-5-11)26(23,24)12-2-3-13(17)14(18)8-12/h2-3,8-9,11H,4-7H2,1H3,(H,19,20,22). The number of sulfonamides is 1. The van der Waals surface area contributed by atoms with Gasteiger partial charge in [0.15, 0.2) is 16.8 Å². The third-order valence-corrected chi connectivity index (χ3v) is 6.97. The first kappa shape index (κ1) is 18.9. The minimum absolute atomic E-state index is 0.135. The number of piperidine rings is 1. The molecule has 1 aliphatic rings. The number of hydrogen-bond acceptors (Lipinski definition) is 5. The Hall–Kier alpha value is -1.91. The van der Waals surface area contributed by atoms with Gasteiger partial charge in [-0.05, 0) is 38.0 Å². The Morgan fingerprint density at radius 3 is 2.54 bits per heavy atom. The summed E-state index contributed by atoms with van der Waals surface area (Å²) in [7, 11) is -3.92. The Labute approximate surface area is 153 Å². The normalized spacial score (nSPS) is 16.6. The van der Waals surface area contributed by atoms with Crippen LogP contribution < -0.4 is 5.32 Å². The summed E-state index contributed by atoms with van der Waals surface area (Å²) in [5.74, 6) is -2.82. The minimum Gasteiger partial charge on any atom is -0.302 e. The molecule has 1 aromatic heterocycles. The number of carbonyl (C=O) groups is 1. The number of nitrogens with one attached hydrogen (secondary N) is 1. The van der Waals surface area contributed by atoms with Crippen molar-refractivity contribution < 1.29 is 22.0 Å². The first-order valence-electron chi connectivity index (χ1n) is 7.95. The molecule has 0 spiro atoms. The van der Waals surface area contributed by atoms with E-state index in [0.29, 0.717) is 24.0 Å². The van der Waals surface area contributed by atoms with Crippen LogP contribution in [0.4, 0.5) is 13.9 Å². The van der Waals surface area contributed by atoms with Gasteiger partial charge in [-0.25, -0.2) is 22.2 Å². The molecule has 0 unspecified atom stereocenters. The number of anilines is 1. The van der Waals surface area contributed by atoms with Gasteiger partial charge in [0.1, 0.15) is 0 Å². The molecule has 6 nitrogen and oxygen atoms in total. The van der Waals surface area contributed by atoms with Crippen LogP contribution in [0.2, 0.25) is 0 Å². The van der Waals surface area contributed by atoms with Crippen LogP contribution in [0, 0.1) is 24.5 Å². The number of aryl methyl sites for hydroxylation is 1. The highest BCUT2D eigenvalue weighted by atomic mass is 32.2. The van der Waals surface area contributed by atoms with Crippen molar-refractivity contribution in [1.82, 2.24) is 9.29 Å². The average molecular weight is 401 g/mol. The number of thiazole rings is 1. The molecular formula is C16H17F2N3O3S2. The van der Waals surface area contributed by atoms with Gasteiger partial charge >= 0.3 is 0 Å². The molecule has 1 amide bonds. The topological polar surface area (TPSA) is 79.4 Å². The summed E-state index contributed by atoms with van der Waals surface area (Å²) in [4.78, 5) is 16.2. The van der Waals surface area contributed by atoms with Gasteiger partial charge in [0.05, 0.1) is 10.6 Å². The Morgan fingerprint density at radius 2 is 1.96 bits per heavy atom. The first-order valence-corrected chi connectivity index (χ1v) is 10.3. The Kier molecular flexibility index (Phi) is 5.35. The molecule has 2 aromatic rings. The Balaban J connectivity index is 1.63. The Bertz CT molecular complexity index is 923. The van der Waals surface area contributed by atoms with Gasteiger partial charge in [0.2, 0.25) is 15.9 Å². The van der Waals surface area contributed by atoms with E-state index in [0.717, 1.165) is 17.8 Å². The fourth-order valence-corrected chi connectivity index (χ4v) is 4.94. The van der Waals surface area contributed by atoms with Crippen molar-refractivity contribution in [3.63, 3.8) is 0 Å². The highest BCUT2D eigenvalue weighted by Crippen LogP contribution is 2.26. The number of benzene rings is 1. The lowest BCUT2D eigenvalue weighted by molar-refractivity contribution is -0.120. The van der Waals surface area contributed by atoms with Gasteiger partial charge in [-0.3, -0.25) is 4.79 Å². The van der Waals surface area contributed by atoms with E-state index in [1.807, 2.05) is 12.3 Å². The van der Waals surface area contributed by atoms with E-state index in [1.54, 1.807) is 0 Å². The van der Waals surface area contributed by atoms with E-state index in [2.05, 4.69) is 10.3 Å². The largest absolute Gasteiger partial charge is 0.302 e. The van der Waals surface area contributed by atoms with Gasteiger partial charge in [-0.15, -0.1) is 11.3 Å².